The van der Waals surface area contributed by atoms with E-state index in [0.717, 1.165) is 63.7 Å². The predicted molar refractivity (Wildman–Crippen MR) is 159 cm³/mol. The molecule has 2 N–H and O–H groups in total. The van der Waals surface area contributed by atoms with Gasteiger partial charge in [-0.05, 0) is 43.2 Å². The highest BCUT2D eigenvalue weighted by molar-refractivity contribution is 7.11. The van der Waals surface area contributed by atoms with Crippen LogP contribution in [-0.4, -0.2) is 54.5 Å². The van der Waals surface area contributed by atoms with Gasteiger partial charge in [0, 0.05) is 36.4 Å². The number of aromatic amines is 2. The molecule has 0 saturated carbocycles. The van der Waals surface area contributed by atoms with Crippen molar-refractivity contribution < 1.29 is 18.7 Å². The molecule has 2 aromatic carbocycles. The molecule has 0 radical (unpaired) electrons. The molecule has 6 aromatic rings. The molecule has 1 fully saturated rings. The van der Waals surface area contributed by atoms with Gasteiger partial charge in [-0.1, -0.05) is 6.07 Å². The molecule has 10 nitrogen and oxygen atoms in total. The number of hydrogen-bond donors (Lipinski definition) is 2. The normalized spacial score (nSPS) is 17.7. The number of thiazole rings is 1. The van der Waals surface area contributed by atoms with Gasteiger partial charge >= 0.3 is 0 Å². The lowest BCUT2D eigenvalue weighted by molar-refractivity contribution is -0.119. The van der Waals surface area contributed by atoms with Crippen molar-refractivity contribution >= 4 is 28.6 Å². The molecule has 8 rings (SSSR count). The maximum absolute atomic E-state index is 15.9. The second-order valence-electron chi connectivity index (χ2n) is 10.7. The van der Waals surface area contributed by atoms with Gasteiger partial charge in [0.15, 0.2) is 0 Å². The first-order valence-electron chi connectivity index (χ1n) is 14.0. The molecule has 4 aromatic heterocycles. The van der Waals surface area contributed by atoms with Gasteiger partial charge in [-0.3, -0.25) is 9.36 Å². The molecule has 6 heterocycles. The summed E-state index contributed by atoms with van der Waals surface area (Å²) in [4.78, 5) is 33.8. The first kappa shape index (κ1) is 25.9. The maximum atomic E-state index is 15.9. The molecule has 12 heteroatoms. The molecule has 2 aliphatic rings. The summed E-state index contributed by atoms with van der Waals surface area (Å²) >= 11 is 1.50. The van der Waals surface area contributed by atoms with Crippen molar-refractivity contribution in [3.8, 4) is 39.5 Å². The van der Waals surface area contributed by atoms with E-state index in [2.05, 4.69) is 31.0 Å². The number of imidazole rings is 2. The molecule has 0 spiro atoms. The first-order chi connectivity index (χ1) is 21.1. The van der Waals surface area contributed by atoms with Crippen molar-refractivity contribution in [2.24, 2.45) is 0 Å². The van der Waals surface area contributed by atoms with Crippen LogP contribution >= 0.6 is 11.3 Å². The Hall–Kier alpha value is -4.81. The standard InChI is InChI=1S/C31H26FN7O3S/c1-41-14-28-34-13-27(43-28)31-39-23-5-4-17(22-12-35-30(37-22)24-3-2-6-38(24)16-40)7-19(23)9-25(39)29-20(32)8-18(10-26(29)42-31)21-11-33-15-36-21/h4-5,7-13,15-16,24,31H,2-3,6,14H2,1H3,(H,33,36)(H,35,37). The Morgan fingerprint density at radius 1 is 1.14 bits per heavy atom. The number of likely N-dealkylation sites (tertiary alicyclic amines) is 1. The minimum Gasteiger partial charge on any atom is -0.464 e. The molecule has 216 valence electrons. The third-order valence-electron chi connectivity index (χ3n) is 8.17. The zero-order valence-corrected chi connectivity index (χ0v) is 23.9. The van der Waals surface area contributed by atoms with Crippen molar-refractivity contribution in [1.29, 1.82) is 0 Å². The Morgan fingerprint density at radius 3 is 2.91 bits per heavy atom. The number of carbonyl (C=O) groups excluding carboxylic acids is 1. The zero-order valence-electron chi connectivity index (χ0n) is 23.1. The molecule has 2 unspecified atom stereocenters. The van der Waals surface area contributed by atoms with Gasteiger partial charge in [0.05, 0.1) is 64.4 Å². The first-order valence-corrected chi connectivity index (χ1v) is 14.8. The number of amides is 1. The lowest BCUT2D eigenvalue weighted by Gasteiger charge is -2.29. The molecule has 2 atom stereocenters. The molecule has 0 bridgehead atoms. The molecular weight excluding hydrogens is 569 g/mol. The van der Waals surface area contributed by atoms with Gasteiger partial charge in [0.25, 0.3) is 0 Å². The van der Waals surface area contributed by atoms with Crippen LogP contribution in [0, 0.1) is 5.82 Å². The van der Waals surface area contributed by atoms with Crippen LogP contribution in [0.3, 0.4) is 0 Å². The van der Waals surface area contributed by atoms with E-state index in [4.69, 9.17) is 9.47 Å². The Labute approximate surface area is 249 Å². The van der Waals surface area contributed by atoms with E-state index < -0.39 is 6.23 Å². The van der Waals surface area contributed by atoms with E-state index in [1.807, 2.05) is 28.8 Å². The van der Waals surface area contributed by atoms with Crippen molar-refractivity contribution in [1.82, 2.24) is 34.4 Å². The summed E-state index contributed by atoms with van der Waals surface area (Å²) in [5, 5.41) is 1.76. The minimum absolute atomic E-state index is 0.0387. The number of methoxy groups -OCH3 is 1. The number of aromatic nitrogens is 6. The van der Waals surface area contributed by atoms with Crippen LogP contribution in [0.5, 0.6) is 5.75 Å². The van der Waals surface area contributed by atoms with Crippen LogP contribution in [0.15, 0.2) is 61.3 Å². The fourth-order valence-corrected chi connectivity index (χ4v) is 7.10. The number of nitrogens with zero attached hydrogens (tertiary/aromatic N) is 5. The second kappa shape index (κ2) is 10.2. The largest absolute Gasteiger partial charge is 0.464 e. The molecule has 2 aliphatic heterocycles. The number of carbonyl (C=O) groups is 1. The van der Waals surface area contributed by atoms with Gasteiger partial charge < -0.3 is 24.3 Å². The van der Waals surface area contributed by atoms with Crippen LogP contribution in [0.2, 0.25) is 0 Å². The lowest BCUT2D eigenvalue weighted by atomic mass is 10.0. The summed E-state index contributed by atoms with van der Waals surface area (Å²) in [6, 6.07) is 11.4. The smallest absolute Gasteiger partial charge is 0.213 e. The number of rotatable bonds is 7. The molecular formula is C31H26FN7O3S. The Bertz CT molecular complexity index is 1980. The van der Waals surface area contributed by atoms with Crippen molar-refractivity contribution in [3.05, 3.63) is 82.8 Å². The number of nitrogens with one attached hydrogen (secondary N) is 2. The summed E-state index contributed by atoms with van der Waals surface area (Å²) in [7, 11) is 1.64. The van der Waals surface area contributed by atoms with Crippen LogP contribution < -0.4 is 4.74 Å². The monoisotopic (exact) mass is 595 g/mol. The highest BCUT2D eigenvalue weighted by atomic mass is 32.1. The van der Waals surface area contributed by atoms with E-state index in [1.165, 1.54) is 17.4 Å². The molecule has 1 saturated heterocycles. The van der Waals surface area contributed by atoms with E-state index in [1.54, 1.807) is 36.9 Å². The van der Waals surface area contributed by atoms with Gasteiger partial charge in [0.2, 0.25) is 12.6 Å². The average molecular weight is 596 g/mol. The highest BCUT2D eigenvalue weighted by Crippen LogP contribution is 2.48. The SMILES string of the molecule is COCc1ncc(C2Oc3cc(-c4cnc[nH]4)cc(F)c3-c3cc4cc(-c5cnc(C6CCCN6C=O)[nH]5)ccc4n32)s1. The third kappa shape index (κ3) is 4.24. The fraction of sp³-hybridized carbons (Fsp3) is 0.226. The van der Waals surface area contributed by atoms with Crippen molar-refractivity contribution in [2.75, 3.05) is 13.7 Å². The van der Waals surface area contributed by atoms with E-state index in [0.29, 0.717) is 34.9 Å². The fourth-order valence-electron chi connectivity index (χ4n) is 6.19. The molecule has 1 amide bonds. The Kier molecular flexibility index (Phi) is 6.12. The van der Waals surface area contributed by atoms with Gasteiger partial charge in [-0.2, -0.15) is 0 Å². The summed E-state index contributed by atoms with van der Waals surface area (Å²) in [5.41, 5.74) is 5.16. The summed E-state index contributed by atoms with van der Waals surface area (Å²) in [5.74, 6) is 0.843. The van der Waals surface area contributed by atoms with Crippen molar-refractivity contribution in [3.63, 3.8) is 0 Å². The summed E-state index contributed by atoms with van der Waals surface area (Å²) < 4.78 is 29.8. The lowest BCUT2D eigenvalue weighted by Crippen LogP contribution is -2.22. The maximum Gasteiger partial charge on any atom is 0.213 e. The Balaban J connectivity index is 1.25. The number of halogens is 1. The Morgan fingerprint density at radius 2 is 2.07 bits per heavy atom. The van der Waals surface area contributed by atoms with Crippen LogP contribution in [0.4, 0.5) is 4.39 Å². The number of fused-ring (bicyclic) bond motifs is 5. The molecule has 43 heavy (non-hydrogen) atoms. The van der Waals surface area contributed by atoms with Gasteiger partial charge in [0.1, 0.15) is 22.4 Å². The summed E-state index contributed by atoms with van der Waals surface area (Å²) in [6.07, 6.45) is 9.01. The number of H-pyrrole nitrogens is 2. The van der Waals surface area contributed by atoms with Gasteiger partial charge in [-0.15, -0.1) is 11.3 Å². The quantitative estimate of drug-likeness (QED) is 0.217. The number of hydrogen-bond acceptors (Lipinski definition) is 7. The van der Waals surface area contributed by atoms with E-state index >= 15 is 4.39 Å². The van der Waals surface area contributed by atoms with E-state index in [9.17, 15) is 4.79 Å². The molecule has 0 aliphatic carbocycles. The topological polar surface area (TPSA) is 114 Å². The number of ether oxygens (including phenoxy) is 2. The van der Waals surface area contributed by atoms with Crippen LogP contribution in [-0.2, 0) is 16.1 Å². The van der Waals surface area contributed by atoms with Crippen LogP contribution in [0.25, 0.3) is 44.7 Å². The number of benzene rings is 2. The van der Waals surface area contributed by atoms with E-state index in [-0.39, 0.29) is 11.9 Å². The van der Waals surface area contributed by atoms with Crippen molar-refractivity contribution in [2.45, 2.75) is 31.7 Å². The van der Waals surface area contributed by atoms with Crippen LogP contribution in [0.1, 0.15) is 40.8 Å². The highest BCUT2D eigenvalue weighted by Gasteiger charge is 2.33. The minimum atomic E-state index is -0.555. The second-order valence-corrected chi connectivity index (χ2v) is 11.9. The predicted octanol–water partition coefficient (Wildman–Crippen LogP) is 6.06. The third-order valence-corrected chi connectivity index (χ3v) is 9.17. The zero-order chi connectivity index (χ0) is 29.1. The summed E-state index contributed by atoms with van der Waals surface area (Å²) in [6.45, 7) is 1.14. The average Bonchev–Trinajstić information content (AvgIpc) is 3.85. The van der Waals surface area contributed by atoms with Gasteiger partial charge in [-0.25, -0.2) is 19.3 Å².